The van der Waals surface area contributed by atoms with Gasteiger partial charge in [0.25, 0.3) is 0 Å². The SMILES string of the molecule is Clc1ccc(C2=NN=C(c3ccc(Cl)cc3)C[Se]C2)cc1. The summed E-state index contributed by atoms with van der Waals surface area (Å²) >= 11 is 12.3. The second-order valence-corrected chi connectivity index (χ2v) is 7.54. The van der Waals surface area contributed by atoms with Gasteiger partial charge >= 0.3 is 140 Å². The Morgan fingerprint density at radius 3 is 1.43 bits per heavy atom. The van der Waals surface area contributed by atoms with E-state index in [0.717, 1.165) is 43.2 Å². The first-order chi connectivity index (χ1) is 10.2. The summed E-state index contributed by atoms with van der Waals surface area (Å²) in [6.07, 6.45) is 0. The van der Waals surface area contributed by atoms with E-state index in [9.17, 15) is 0 Å². The molecule has 2 aromatic carbocycles. The average Bonchev–Trinajstić information content (AvgIpc) is 2.75. The summed E-state index contributed by atoms with van der Waals surface area (Å²) < 4.78 is 0. The first kappa shape index (κ1) is 14.8. The van der Waals surface area contributed by atoms with Crippen LogP contribution in [0.4, 0.5) is 0 Å². The third kappa shape index (κ3) is 3.75. The summed E-state index contributed by atoms with van der Waals surface area (Å²) in [5.74, 6) is 0. The van der Waals surface area contributed by atoms with E-state index >= 15 is 0 Å². The molecule has 0 bridgehead atoms. The number of rotatable bonds is 2. The van der Waals surface area contributed by atoms with Gasteiger partial charge in [-0.05, 0) is 0 Å². The van der Waals surface area contributed by atoms with Gasteiger partial charge in [0, 0.05) is 0 Å². The molecule has 5 heteroatoms. The normalized spacial score (nSPS) is 15.1. The molecule has 106 valence electrons. The van der Waals surface area contributed by atoms with Crippen LogP contribution in [0.25, 0.3) is 0 Å². The van der Waals surface area contributed by atoms with Crippen molar-refractivity contribution in [3.05, 3.63) is 69.7 Å². The van der Waals surface area contributed by atoms with Gasteiger partial charge in [-0.2, -0.15) is 0 Å². The van der Waals surface area contributed by atoms with Gasteiger partial charge in [-0.15, -0.1) is 0 Å². The summed E-state index contributed by atoms with van der Waals surface area (Å²) in [4.78, 5) is 0. The topological polar surface area (TPSA) is 24.7 Å². The van der Waals surface area contributed by atoms with E-state index in [4.69, 9.17) is 23.2 Å². The molecule has 0 N–H and O–H groups in total. The molecule has 2 nitrogen and oxygen atoms in total. The summed E-state index contributed by atoms with van der Waals surface area (Å²) in [5.41, 5.74) is 4.27. The molecule has 0 fully saturated rings. The van der Waals surface area contributed by atoms with E-state index in [-0.39, 0.29) is 0 Å². The van der Waals surface area contributed by atoms with Crippen LogP contribution in [0, 0.1) is 0 Å². The van der Waals surface area contributed by atoms with Crippen LogP contribution in [-0.2, 0) is 0 Å². The number of nitrogens with zero attached hydrogens (tertiary/aromatic N) is 2. The third-order valence-corrected chi connectivity index (χ3v) is 5.63. The number of hydrogen-bond donors (Lipinski definition) is 0. The first-order valence-electron chi connectivity index (χ1n) is 6.45. The molecule has 0 aliphatic carbocycles. The van der Waals surface area contributed by atoms with Crippen LogP contribution < -0.4 is 0 Å². The van der Waals surface area contributed by atoms with Crippen LogP contribution in [0.2, 0.25) is 20.7 Å². The van der Waals surface area contributed by atoms with Crippen molar-refractivity contribution in [3.8, 4) is 0 Å². The zero-order valence-corrected chi connectivity index (χ0v) is 14.3. The van der Waals surface area contributed by atoms with E-state index in [1.54, 1.807) is 0 Å². The maximum atomic E-state index is 5.92. The van der Waals surface area contributed by atoms with Crippen molar-refractivity contribution in [2.24, 2.45) is 10.2 Å². The summed E-state index contributed by atoms with van der Waals surface area (Å²) in [6, 6.07) is 15.6. The van der Waals surface area contributed by atoms with E-state index in [1.165, 1.54) is 0 Å². The minimum atomic E-state index is 0.452. The summed E-state index contributed by atoms with van der Waals surface area (Å²) in [7, 11) is 0. The Morgan fingerprint density at radius 1 is 0.667 bits per heavy atom. The molecule has 1 aliphatic rings. The molecule has 3 rings (SSSR count). The van der Waals surface area contributed by atoms with Gasteiger partial charge in [0.05, 0.1) is 0 Å². The fourth-order valence-electron chi connectivity index (χ4n) is 1.99. The monoisotopic (exact) mass is 382 g/mol. The predicted molar refractivity (Wildman–Crippen MR) is 91.3 cm³/mol. The van der Waals surface area contributed by atoms with Crippen LogP contribution in [0.15, 0.2) is 58.7 Å². The van der Waals surface area contributed by atoms with Gasteiger partial charge in [0.1, 0.15) is 0 Å². The fraction of sp³-hybridized carbons (Fsp3) is 0.125. The van der Waals surface area contributed by atoms with Crippen LogP contribution in [0.3, 0.4) is 0 Å². The molecule has 1 aliphatic heterocycles. The Labute approximate surface area is 140 Å². The minimum absolute atomic E-state index is 0.452. The Balaban J connectivity index is 1.88. The van der Waals surface area contributed by atoms with Gasteiger partial charge in [-0.1, -0.05) is 0 Å². The van der Waals surface area contributed by atoms with Crippen molar-refractivity contribution < 1.29 is 0 Å². The Hall–Kier alpha value is -1.12. The summed E-state index contributed by atoms with van der Waals surface area (Å²) in [5, 5.41) is 12.3. The van der Waals surface area contributed by atoms with Gasteiger partial charge in [0.2, 0.25) is 0 Å². The number of halogens is 2. The Kier molecular flexibility index (Phi) is 4.76. The number of benzene rings is 2. The molecule has 0 spiro atoms. The van der Waals surface area contributed by atoms with E-state index in [0.29, 0.717) is 15.0 Å². The molecule has 0 unspecified atom stereocenters. The molecular weight excluding hydrogens is 370 g/mol. The van der Waals surface area contributed by atoms with Crippen molar-refractivity contribution in [1.29, 1.82) is 0 Å². The van der Waals surface area contributed by atoms with Gasteiger partial charge in [-0.3, -0.25) is 0 Å². The average molecular weight is 382 g/mol. The van der Waals surface area contributed by atoms with Crippen LogP contribution in [-0.4, -0.2) is 26.4 Å². The molecule has 0 radical (unpaired) electrons. The molecule has 0 atom stereocenters. The molecule has 0 saturated carbocycles. The van der Waals surface area contributed by atoms with Gasteiger partial charge in [-0.25, -0.2) is 0 Å². The quantitative estimate of drug-likeness (QED) is 0.671. The molecule has 0 aromatic heterocycles. The maximum absolute atomic E-state index is 5.92. The van der Waals surface area contributed by atoms with Crippen molar-refractivity contribution in [1.82, 2.24) is 0 Å². The molecule has 0 saturated heterocycles. The zero-order valence-electron chi connectivity index (χ0n) is 11.1. The van der Waals surface area contributed by atoms with Crippen LogP contribution in [0.5, 0.6) is 0 Å². The van der Waals surface area contributed by atoms with Crippen molar-refractivity contribution in [3.63, 3.8) is 0 Å². The van der Waals surface area contributed by atoms with Crippen LogP contribution >= 0.6 is 23.2 Å². The van der Waals surface area contributed by atoms with E-state index in [2.05, 4.69) is 10.2 Å². The number of hydrogen-bond acceptors (Lipinski definition) is 2. The second-order valence-electron chi connectivity index (χ2n) is 4.60. The molecule has 0 amide bonds. The molecule has 1 heterocycles. The van der Waals surface area contributed by atoms with Crippen molar-refractivity contribution in [2.45, 2.75) is 10.6 Å². The molecule has 2 aromatic rings. The Bertz CT molecular complexity index is 630. The third-order valence-electron chi connectivity index (χ3n) is 3.12. The van der Waals surface area contributed by atoms with Crippen LogP contribution in [0.1, 0.15) is 11.1 Å². The fourth-order valence-corrected chi connectivity index (χ4v) is 4.21. The Morgan fingerprint density at radius 2 is 1.05 bits per heavy atom. The van der Waals surface area contributed by atoms with E-state index in [1.807, 2.05) is 48.5 Å². The van der Waals surface area contributed by atoms with E-state index < -0.39 is 0 Å². The van der Waals surface area contributed by atoms with Gasteiger partial charge in [0.15, 0.2) is 0 Å². The first-order valence-corrected chi connectivity index (χ1v) is 9.63. The molecule has 21 heavy (non-hydrogen) atoms. The van der Waals surface area contributed by atoms with Gasteiger partial charge < -0.3 is 0 Å². The summed E-state index contributed by atoms with van der Waals surface area (Å²) in [6.45, 7) is 0. The van der Waals surface area contributed by atoms with Crippen molar-refractivity contribution >= 4 is 49.6 Å². The molecular formula is C16H12Cl2N2Se. The predicted octanol–water partition coefficient (Wildman–Crippen LogP) is 4.74. The standard InChI is InChI=1S/C16H12Cl2N2Se/c17-13-5-1-11(2-6-13)15-9-21-10-16(20-19-15)12-3-7-14(18)8-4-12/h1-8H,9-10H2. The van der Waals surface area contributed by atoms with Crippen molar-refractivity contribution in [2.75, 3.05) is 0 Å². The zero-order chi connectivity index (χ0) is 14.7. The second kappa shape index (κ2) is 6.76.